The Bertz CT molecular complexity index is 1030. The van der Waals surface area contributed by atoms with Gasteiger partial charge in [-0.05, 0) is 37.7 Å². The molecule has 1 spiro atoms. The molecule has 2 bridgehead atoms. The van der Waals surface area contributed by atoms with Crippen molar-refractivity contribution < 1.29 is 24.2 Å². The number of hydrogen-bond donors (Lipinski definition) is 1. The van der Waals surface area contributed by atoms with E-state index in [4.69, 9.17) is 4.74 Å². The van der Waals surface area contributed by atoms with Crippen molar-refractivity contribution in [2.75, 3.05) is 19.8 Å². The number of allylic oxidation sites excluding steroid dienone is 1. The van der Waals surface area contributed by atoms with Crippen LogP contribution in [-0.2, 0) is 25.7 Å². The third kappa shape index (κ3) is 4.74. The van der Waals surface area contributed by atoms with Gasteiger partial charge in [0.1, 0.15) is 6.04 Å². The van der Waals surface area contributed by atoms with Crippen molar-refractivity contribution >= 4 is 29.5 Å². The van der Waals surface area contributed by atoms with Gasteiger partial charge in [-0.3, -0.25) is 14.4 Å². The van der Waals surface area contributed by atoms with Crippen LogP contribution < -0.4 is 0 Å². The van der Waals surface area contributed by atoms with Crippen molar-refractivity contribution in [1.82, 2.24) is 9.80 Å². The van der Waals surface area contributed by atoms with E-state index in [1.165, 1.54) is 0 Å². The van der Waals surface area contributed by atoms with Crippen LogP contribution in [-0.4, -0.2) is 74.5 Å². The number of unbranched alkanes of at least 4 members (excludes halogenated alkanes) is 1. The summed E-state index contributed by atoms with van der Waals surface area (Å²) in [6.45, 7) is 12.1. The Hall–Kier alpha value is -2.58. The molecular weight excluding hydrogens is 488 g/mol. The van der Waals surface area contributed by atoms with E-state index < -0.39 is 28.7 Å². The second-order valence-corrected chi connectivity index (χ2v) is 12.0. The average molecular weight is 527 g/mol. The lowest BCUT2D eigenvalue weighted by Gasteiger charge is -2.41. The van der Waals surface area contributed by atoms with Gasteiger partial charge in [-0.25, -0.2) is 0 Å². The van der Waals surface area contributed by atoms with E-state index >= 15 is 0 Å². The largest absolute Gasteiger partial charge is 0.465 e. The molecule has 0 saturated carbocycles. The van der Waals surface area contributed by atoms with Crippen molar-refractivity contribution in [1.29, 1.82) is 0 Å². The summed E-state index contributed by atoms with van der Waals surface area (Å²) in [6.07, 6.45) is 5.65. The van der Waals surface area contributed by atoms with E-state index in [9.17, 15) is 19.5 Å². The Morgan fingerprint density at radius 3 is 2.68 bits per heavy atom. The van der Waals surface area contributed by atoms with Gasteiger partial charge in [0.15, 0.2) is 0 Å². The second kappa shape index (κ2) is 11.4. The number of benzene rings is 1. The smallest absolute Gasteiger partial charge is 0.310 e. The minimum Gasteiger partial charge on any atom is -0.465 e. The fraction of sp³-hybridized carbons (Fsp3) is 0.552. The predicted octanol–water partition coefficient (Wildman–Crippen LogP) is 3.43. The summed E-state index contributed by atoms with van der Waals surface area (Å²) in [7, 11) is 0. The fourth-order valence-electron chi connectivity index (χ4n) is 6.43. The molecule has 8 heteroatoms. The first-order valence-corrected chi connectivity index (χ1v) is 14.0. The van der Waals surface area contributed by atoms with E-state index in [1.807, 2.05) is 30.3 Å². The minimum atomic E-state index is -0.778. The average Bonchev–Trinajstić information content (AvgIpc) is 3.49. The summed E-state index contributed by atoms with van der Waals surface area (Å²) < 4.78 is 4.88. The summed E-state index contributed by atoms with van der Waals surface area (Å²) in [5.41, 5.74) is 0.982. The number of thioether (sulfide) groups is 1. The zero-order valence-electron chi connectivity index (χ0n) is 21.8. The van der Waals surface area contributed by atoms with E-state index in [0.717, 1.165) is 18.4 Å². The highest BCUT2D eigenvalue weighted by atomic mass is 32.2. The Labute approximate surface area is 223 Å². The predicted molar refractivity (Wildman–Crippen MR) is 144 cm³/mol. The summed E-state index contributed by atoms with van der Waals surface area (Å²) in [6, 6.07) is 8.40. The number of likely N-dealkylation sites (tertiary alicyclic amines) is 1. The Balaban J connectivity index is 1.70. The molecule has 1 aromatic rings. The lowest BCUT2D eigenvalue weighted by atomic mass is 9.66. The molecule has 200 valence electrons. The number of aliphatic hydroxyl groups is 1. The van der Waals surface area contributed by atoms with Gasteiger partial charge in [0.25, 0.3) is 0 Å². The highest BCUT2D eigenvalue weighted by molar-refractivity contribution is 8.02. The zero-order chi connectivity index (χ0) is 26.7. The molecular formula is C29H38N2O5S. The summed E-state index contributed by atoms with van der Waals surface area (Å²) in [4.78, 5) is 45.0. The van der Waals surface area contributed by atoms with Crippen LogP contribution in [0.15, 0.2) is 55.6 Å². The van der Waals surface area contributed by atoms with Crippen molar-refractivity contribution in [2.24, 2.45) is 17.8 Å². The van der Waals surface area contributed by atoms with Crippen molar-refractivity contribution in [3.63, 3.8) is 0 Å². The third-order valence-electron chi connectivity index (χ3n) is 8.10. The van der Waals surface area contributed by atoms with Gasteiger partial charge in [-0.1, -0.05) is 49.4 Å². The zero-order valence-corrected chi connectivity index (χ0v) is 22.6. The first-order valence-electron chi connectivity index (χ1n) is 13.1. The van der Waals surface area contributed by atoms with Gasteiger partial charge >= 0.3 is 5.97 Å². The van der Waals surface area contributed by atoms with Gasteiger partial charge in [0.2, 0.25) is 11.8 Å². The van der Waals surface area contributed by atoms with E-state index in [1.54, 1.807) is 40.6 Å². The van der Waals surface area contributed by atoms with Gasteiger partial charge < -0.3 is 19.6 Å². The van der Waals surface area contributed by atoms with E-state index in [0.29, 0.717) is 19.5 Å². The lowest BCUT2D eigenvalue weighted by Crippen LogP contribution is -2.58. The molecule has 0 aromatic heterocycles. The minimum absolute atomic E-state index is 0.0495. The number of aliphatic hydroxyl groups excluding tert-OH is 1. The Morgan fingerprint density at radius 2 is 2.03 bits per heavy atom. The number of carbonyl (C=O) groups excluding carboxylic acids is 3. The Kier molecular flexibility index (Phi) is 8.49. The maximum atomic E-state index is 14.4. The van der Waals surface area contributed by atoms with Crippen molar-refractivity contribution in [2.45, 2.75) is 61.7 Å². The van der Waals surface area contributed by atoms with Crippen LogP contribution in [0.4, 0.5) is 0 Å². The first kappa shape index (κ1) is 27.5. The highest BCUT2D eigenvalue weighted by Gasteiger charge is 2.77. The lowest BCUT2D eigenvalue weighted by molar-refractivity contribution is -0.155. The first-order chi connectivity index (χ1) is 17.8. The van der Waals surface area contributed by atoms with Crippen LogP contribution in [0.25, 0.3) is 0 Å². The molecule has 0 aliphatic carbocycles. The van der Waals surface area contributed by atoms with Crippen molar-refractivity contribution in [3.05, 3.63) is 61.2 Å². The SMILES string of the molecule is C=CCCCOC(=O)[C@@H]1[C@H]2C(=O)N([C@H](C)CO)C(C(=O)N(CC=C)Cc3ccccc3)C23S[C@@H]1CC3C. The monoisotopic (exact) mass is 526 g/mol. The number of carbonyl (C=O) groups is 3. The number of fused-ring (bicyclic) bond motifs is 1. The fourth-order valence-corrected chi connectivity index (χ4v) is 8.82. The third-order valence-corrected chi connectivity index (χ3v) is 10.2. The van der Waals surface area contributed by atoms with Crippen LogP contribution in [0.1, 0.15) is 38.7 Å². The van der Waals surface area contributed by atoms with Crippen LogP contribution in [0, 0.1) is 17.8 Å². The van der Waals surface area contributed by atoms with Gasteiger partial charge in [-0.15, -0.1) is 24.9 Å². The molecule has 2 amide bonds. The number of nitrogens with zero attached hydrogens (tertiary/aromatic N) is 2. The standard InChI is InChI=1S/C29H38N2O5S/c1-5-7-11-15-36-28(35)23-22-16-19(3)29(37-22)24(23)26(33)31(20(4)18-32)25(29)27(34)30(14-6-2)17-21-12-9-8-10-13-21/h5-6,8-10,12-13,19-20,22-25,32H,1-2,7,11,14-18H2,3-4H3/t19?,20-,22-,23+,24+,25?,29?/m1/s1. The van der Waals surface area contributed by atoms with Gasteiger partial charge in [-0.2, -0.15) is 0 Å². The molecule has 3 aliphatic rings. The van der Waals surface area contributed by atoms with Crippen LogP contribution in [0.2, 0.25) is 0 Å². The molecule has 7 atom stereocenters. The van der Waals surface area contributed by atoms with E-state index in [-0.39, 0.29) is 42.2 Å². The molecule has 1 N–H and O–H groups in total. The maximum Gasteiger partial charge on any atom is 0.310 e. The second-order valence-electron chi connectivity index (χ2n) is 10.4. The quantitative estimate of drug-likeness (QED) is 0.255. The van der Waals surface area contributed by atoms with E-state index in [2.05, 4.69) is 20.1 Å². The summed E-state index contributed by atoms with van der Waals surface area (Å²) in [5.74, 6) is -1.94. The number of ether oxygens (including phenoxy) is 1. The highest BCUT2D eigenvalue weighted by Crippen LogP contribution is 2.69. The number of esters is 1. The molecule has 7 nitrogen and oxygen atoms in total. The molecule has 0 radical (unpaired) electrons. The molecule has 3 saturated heterocycles. The van der Waals surface area contributed by atoms with Gasteiger partial charge in [0, 0.05) is 18.3 Å². The maximum absolute atomic E-state index is 14.4. The molecule has 1 aromatic carbocycles. The molecule has 37 heavy (non-hydrogen) atoms. The number of hydrogen-bond acceptors (Lipinski definition) is 6. The number of amides is 2. The Morgan fingerprint density at radius 1 is 1.30 bits per heavy atom. The molecule has 3 fully saturated rings. The van der Waals surface area contributed by atoms with Crippen LogP contribution in [0.3, 0.4) is 0 Å². The van der Waals surface area contributed by atoms with Crippen LogP contribution >= 0.6 is 11.8 Å². The summed E-state index contributed by atoms with van der Waals surface area (Å²) >= 11 is 1.62. The normalized spacial score (nSPS) is 30.6. The molecule has 3 unspecified atom stereocenters. The summed E-state index contributed by atoms with van der Waals surface area (Å²) in [5, 5.41) is 10.0. The molecule has 4 rings (SSSR count). The van der Waals surface area contributed by atoms with Gasteiger partial charge in [0.05, 0.1) is 35.8 Å². The molecule has 3 heterocycles. The van der Waals surface area contributed by atoms with Crippen molar-refractivity contribution in [3.8, 4) is 0 Å². The molecule has 3 aliphatic heterocycles. The topological polar surface area (TPSA) is 87.1 Å². The number of rotatable bonds is 12. The van der Waals surface area contributed by atoms with Crippen LogP contribution in [0.5, 0.6) is 0 Å².